The van der Waals surface area contributed by atoms with Crippen LogP contribution in [-0.2, 0) is 71.4 Å². The molecule has 5 atom stereocenters. The van der Waals surface area contributed by atoms with E-state index in [-0.39, 0.29) is 196 Å². The Morgan fingerprint density at radius 3 is 1.19 bits per heavy atom. The van der Waals surface area contributed by atoms with Gasteiger partial charge in [-0.3, -0.25) is 38.6 Å². The number of alkyl halides is 1. The van der Waals surface area contributed by atoms with Gasteiger partial charge in [-0.25, -0.2) is 14.4 Å². The third-order valence-electron chi connectivity index (χ3n) is 25.2. The van der Waals surface area contributed by atoms with Gasteiger partial charge in [-0.15, -0.1) is 12.4 Å². The molecule has 8 aliphatic rings. The van der Waals surface area contributed by atoms with Gasteiger partial charge < -0.3 is 105 Å². The molecule has 137 heavy (non-hydrogen) atoms. The average molecular weight is 1980 g/mol. The molecule has 35 heteroatoms. The van der Waals surface area contributed by atoms with Crippen molar-refractivity contribution in [2.24, 2.45) is 0 Å². The maximum Gasteiger partial charge on any atom is 0.339 e. The van der Waals surface area contributed by atoms with Crippen molar-refractivity contribution < 1.29 is 128 Å². The number of ketones is 3. The number of aliphatic hydroxyl groups is 1. The number of likely N-dealkylation sites (tertiary alicyclic amines) is 2. The summed E-state index contributed by atoms with van der Waals surface area (Å²) in [6.07, 6.45) is 19.1. The van der Waals surface area contributed by atoms with Crippen LogP contribution >= 0.6 is 28.3 Å². The summed E-state index contributed by atoms with van der Waals surface area (Å²) in [5.74, 6) is -2.54. The quantitative estimate of drug-likeness (QED) is 0.0107. The molecule has 9 aromatic rings. The standard InChI is InChI=1S/C37H43NO11.C28H27BrO9.C28H27NO8.C9H17NO2.ClH/c1-22-15-31-34(33(23(22)2)37(41)45-14-12-38-11-10-25(18-38)49-32-7-5-6-13-44-32)36(40)28(19-46-31)26-9-8-24-16-29(47-20-42-3)30(48-21-43-4)17-27(24)35(26)39;1-15-9-23-25(24(16(15)2)28(32)35-8-7-29)27(31)20(12-36-23)18-6-5-17-10-21(37-13-33-3)22(38-14-34-4)11-19(17)26(18)30;1-14-9-23-25(24(15(14)2)28(35)36-8-7-29-6-5-17(30)12-29)27(34)20(13-37-23)18-4-3-16-10-21(31)22(32)11-19(16)26(18)33;1-2-6-11-9(3-1)12-8-4-5-10-7-8;/h9,15-17,19,25,32H,5-8,10-14,18,20-21H2,1-4H3;6,9-12H,5,7-8,13-14H2,1-4H3;4,9-11,13,17,30-32H,3,5-8,12H2,1-2H3;8-10H,1-7H2;1H. The monoisotopic (exact) mass is 1980 g/mol. The van der Waals surface area contributed by atoms with E-state index in [0.717, 1.165) is 101 Å². The van der Waals surface area contributed by atoms with Crippen molar-refractivity contribution in [1.82, 2.24) is 15.1 Å². The molecular weight excluding hydrogens is 1860 g/mol. The number of benzene rings is 6. The molecule has 0 radical (unpaired) electrons. The lowest BCUT2D eigenvalue weighted by atomic mass is 9.86. The van der Waals surface area contributed by atoms with Crippen LogP contribution in [0.5, 0.6) is 34.5 Å². The van der Waals surface area contributed by atoms with Crippen molar-refractivity contribution in [2.75, 3.05) is 146 Å². The Hall–Kier alpha value is -11.3. The molecule has 8 heterocycles. The smallest absolute Gasteiger partial charge is 0.339 e. The van der Waals surface area contributed by atoms with Crippen molar-refractivity contribution in [3.05, 3.63) is 222 Å². The van der Waals surface area contributed by atoms with Gasteiger partial charge in [0.15, 0.2) is 91.6 Å². The molecule has 5 fully saturated rings. The number of phenols is 2. The summed E-state index contributed by atoms with van der Waals surface area (Å²) in [7, 11) is 5.96. The van der Waals surface area contributed by atoms with Crippen molar-refractivity contribution in [1.29, 1.82) is 0 Å². The van der Waals surface area contributed by atoms with Crippen LogP contribution in [0.2, 0.25) is 0 Å². The summed E-state index contributed by atoms with van der Waals surface area (Å²) in [4.78, 5) is 126. The first-order valence-corrected chi connectivity index (χ1v) is 46.6. The fourth-order valence-electron chi connectivity index (χ4n) is 17.6. The van der Waals surface area contributed by atoms with E-state index < -0.39 is 45.7 Å². The van der Waals surface area contributed by atoms with Crippen molar-refractivity contribution in [2.45, 2.75) is 149 Å². The number of fused-ring (bicyclic) bond motifs is 6. The second-order valence-corrected chi connectivity index (χ2v) is 35.0. The fraction of sp³-hybridized carbons (Fsp3) is 0.441. The summed E-state index contributed by atoms with van der Waals surface area (Å²) < 4.78 is 99.8. The van der Waals surface area contributed by atoms with Gasteiger partial charge >= 0.3 is 17.9 Å². The Morgan fingerprint density at radius 2 is 0.818 bits per heavy atom. The van der Waals surface area contributed by atoms with Gasteiger partial charge in [-0.1, -0.05) is 34.2 Å². The summed E-state index contributed by atoms with van der Waals surface area (Å²) in [6.45, 7) is 18.5. The first kappa shape index (κ1) is 103. The van der Waals surface area contributed by atoms with Crippen molar-refractivity contribution in [3.63, 3.8) is 0 Å². The highest BCUT2D eigenvalue weighted by Gasteiger charge is 2.36. The Morgan fingerprint density at radius 1 is 0.445 bits per heavy atom. The van der Waals surface area contributed by atoms with Crippen molar-refractivity contribution in [3.8, 4) is 34.5 Å². The normalized spacial score (nSPS) is 18.5. The minimum atomic E-state index is -0.662. The fourth-order valence-corrected chi connectivity index (χ4v) is 17.8. The van der Waals surface area contributed by atoms with Crippen LogP contribution in [0.15, 0.2) is 119 Å². The lowest BCUT2D eigenvalue weighted by Gasteiger charge is -2.26. The van der Waals surface area contributed by atoms with Gasteiger partial charge in [-0.05, 0) is 230 Å². The molecule has 6 aromatic carbocycles. The number of ether oxygens (including phenoxy) is 15. The Labute approximate surface area is 805 Å². The van der Waals surface area contributed by atoms with E-state index in [1.54, 1.807) is 88.4 Å². The van der Waals surface area contributed by atoms with Gasteiger partial charge in [0.05, 0.1) is 67.9 Å². The number of methoxy groups -OCH3 is 4. The minimum absolute atomic E-state index is 0. The zero-order chi connectivity index (χ0) is 96.5. The number of rotatable bonds is 30. The summed E-state index contributed by atoms with van der Waals surface area (Å²) in [5.41, 5.74) is 7.03. The number of hydrogen-bond acceptors (Lipinski definition) is 33. The lowest BCUT2D eigenvalue weighted by Crippen LogP contribution is -2.31. The topological polar surface area (TPSA) is 411 Å². The van der Waals surface area contributed by atoms with E-state index in [1.807, 2.05) is 18.7 Å². The molecule has 17 rings (SSSR count). The molecule has 0 spiro atoms. The molecular formula is C102H115BrClN3O30. The first-order valence-electron chi connectivity index (χ1n) is 45.4. The predicted octanol–water partition coefficient (Wildman–Crippen LogP) is 13.9. The first-order chi connectivity index (χ1) is 65.7. The Balaban J connectivity index is 0.000000164. The number of carbonyl (C=O) groups excluding carboxylic acids is 6. The largest absolute Gasteiger partial charge is 0.504 e. The number of aromatic hydroxyl groups is 2. The number of aryl methyl sites for hydroxylation is 3. The number of halogens is 2. The molecule has 3 aromatic heterocycles. The van der Waals surface area contributed by atoms with Crippen LogP contribution in [0.4, 0.5) is 0 Å². The zero-order valence-electron chi connectivity index (χ0n) is 78.3. The highest BCUT2D eigenvalue weighted by atomic mass is 79.9. The molecule has 33 nitrogen and oxygen atoms in total. The summed E-state index contributed by atoms with van der Waals surface area (Å²) in [6, 6.07) is 14.2. The van der Waals surface area contributed by atoms with E-state index in [1.165, 1.54) is 72.2 Å². The van der Waals surface area contributed by atoms with Gasteiger partial charge in [0.1, 0.15) is 55.4 Å². The number of phenolic OH excluding ortho intramolecular Hbond substituents is 2. The third kappa shape index (κ3) is 24.0. The molecule has 5 saturated heterocycles. The lowest BCUT2D eigenvalue weighted by molar-refractivity contribution is -0.185. The molecule has 0 saturated carbocycles. The predicted molar refractivity (Wildman–Crippen MR) is 511 cm³/mol. The summed E-state index contributed by atoms with van der Waals surface area (Å²) >= 11 is 3.23. The number of esters is 3. The Bertz CT molecular complexity index is 6270. The molecule has 5 aliphatic heterocycles. The van der Waals surface area contributed by atoms with Crippen LogP contribution < -0.4 is 40.6 Å². The molecule has 732 valence electrons. The van der Waals surface area contributed by atoms with Crippen LogP contribution in [0.3, 0.4) is 0 Å². The maximum absolute atomic E-state index is 14.2. The molecule has 5 unspecified atom stereocenters. The van der Waals surface area contributed by atoms with Gasteiger partial charge in [0.25, 0.3) is 0 Å². The molecule has 0 amide bonds. The number of hydrogen-bond donors (Lipinski definition) is 4. The van der Waals surface area contributed by atoms with Crippen LogP contribution in [-0.4, -0.2) is 238 Å². The second-order valence-electron chi connectivity index (χ2n) is 34.2. The number of allylic oxidation sites excluding steroid dienone is 6. The second kappa shape index (κ2) is 47.8. The minimum Gasteiger partial charge on any atom is -0.504 e. The van der Waals surface area contributed by atoms with Gasteiger partial charge in [0.2, 0.25) is 16.3 Å². The van der Waals surface area contributed by atoms with Crippen LogP contribution in [0, 0.1) is 41.5 Å². The van der Waals surface area contributed by atoms with E-state index >= 15 is 0 Å². The van der Waals surface area contributed by atoms with Gasteiger partial charge in [0, 0.05) is 126 Å². The molecule has 4 N–H and O–H groups in total. The number of Topliss-reactive ketones (excluding diaryl/α,β-unsaturated/α-hetero) is 3. The average Bonchev–Trinajstić information content (AvgIpc) is 1.39. The van der Waals surface area contributed by atoms with Crippen LogP contribution in [0.1, 0.15) is 187 Å². The van der Waals surface area contributed by atoms with E-state index in [2.05, 4.69) is 26.1 Å². The van der Waals surface area contributed by atoms with Crippen molar-refractivity contribution >= 4 is 113 Å². The number of aliphatic hydroxyl groups excluding tert-OH is 1. The zero-order valence-corrected chi connectivity index (χ0v) is 80.7. The van der Waals surface area contributed by atoms with E-state index in [4.69, 9.17) is 84.3 Å². The third-order valence-corrected chi connectivity index (χ3v) is 25.5. The number of carbonyl (C=O) groups is 6. The number of nitrogens with zero attached hydrogens (tertiary/aromatic N) is 2. The SMILES string of the molecule is C1CCC(OC2CCNC2)OC1.COCOc1cc2c(cc1OCOC)C(=O)C(c1coc3cc(C)c(C)c(C(=O)OCCBr)c3c1=O)=CC2.COCOc1cc2c(cc1OCOC)C(=O)C(c1coc3cc(C)c(C)c(C(=O)OCCN4CCC(OC5CCCCO5)C4)c3c1=O)=CC2.Cc1cc2occ(C3=CCc4cc(O)c(O)cc4C3=O)c(=O)c2c(C(=O)OCCN2CCC(O)C2)c1C.Cl. The van der Waals surface area contributed by atoms with E-state index in [0.29, 0.717) is 118 Å². The molecule has 0 bridgehead atoms. The number of nitrogens with one attached hydrogen (secondary N) is 1. The highest BCUT2D eigenvalue weighted by Crippen LogP contribution is 2.42. The van der Waals surface area contributed by atoms with Crippen LogP contribution in [0.25, 0.3) is 49.6 Å². The maximum atomic E-state index is 14.2. The van der Waals surface area contributed by atoms with E-state index in [9.17, 15) is 58.5 Å². The summed E-state index contributed by atoms with van der Waals surface area (Å²) in [5, 5.41) is 33.3. The highest BCUT2D eigenvalue weighted by molar-refractivity contribution is 9.09. The molecule has 3 aliphatic carbocycles. The Kier molecular flexibility index (Phi) is 36.0. The number of β-amino-alcohol motifs (C(OH)–C–C–N with tert-alkyl or cyclic N) is 1. The van der Waals surface area contributed by atoms with Gasteiger partial charge in [-0.2, -0.15) is 0 Å².